The standard InChI is InChI=1S/C9H10O4/c1-3-6(5-8(10)11)7(4-2)9(12)13/h3-4H,1-2,5H2,(H,10,11)(H,12,13). The maximum Gasteiger partial charge on any atom is 0.335 e. The highest BCUT2D eigenvalue weighted by atomic mass is 16.4. The first-order chi connectivity index (χ1) is 6.02. The Morgan fingerprint density at radius 2 is 1.69 bits per heavy atom. The van der Waals surface area contributed by atoms with Gasteiger partial charge in [0.25, 0.3) is 0 Å². The summed E-state index contributed by atoms with van der Waals surface area (Å²) in [5.74, 6) is -2.30. The summed E-state index contributed by atoms with van der Waals surface area (Å²) in [6.45, 7) is 6.61. The Morgan fingerprint density at radius 1 is 1.15 bits per heavy atom. The summed E-state index contributed by atoms with van der Waals surface area (Å²) in [5.41, 5.74) is 0.0207. The van der Waals surface area contributed by atoms with Crippen molar-refractivity contribution in [1.29, 1.82) is 0 Å². The van der Waals surface area contributed by atoms with E-state index in [-0.39, 0.29) is 17.6 Å². The van der Waals surface area contributed by atoms with Crippen LogP contribution < -0.4 is 0 Å². The minimum atomic E-state index is -1.20. The SMILES string of the molecule is C=CC(CC(=O)O)=C(C=C)C(=O)O. The van der Waals surface area contributed by atoms with Crippen LogP contribution in [0.2, 0.25) is 0 Å². The molecule has 2 N–H and O–H groups in total. The average molecular weight is 182 g/mol. The molecule has 0 aromatic carbocycles. The third kappa shape index (κ3) is 3.37. The molecule has 0 aromatic heterocycles. The van der Waals surface area contributed by atoms with E-state index in [1.165, 1.54) is 6.08 Å². The Balaban J connectivity index is 5.04. The van der Waals surface area contributed by atoms with Gasteiger partial charge in [-0.05, 0) is 5.57 Å². The van der Waals surface area contributed by atoms with Crippen LogP contribution in [-0.4, -0.2) is 22.2 Å². The van der Waals surface area contributed by atoms with E-state index in [1.54, 1.807) is 0 Å². The van der Waals surface area contributed by atoms with E-state index in [1.807, 2.05) is 0 Å². The van der Waals surface area contributed by atoms with Crippen molar-refractivity contribution in [3.8, 4) is 0 Å². The third-order valence-corrected chi connectivity index (χ3v) is 1.37. The Morgan fingerprint density at radius 3 is 1.92 bits per heavy atom. The minimum absolute atomic E-state index is 0.127. The van der Waals surface area contributed by atoms with Gasteiger partial charge in [0.15, 0.2) is 0 Å². The quantitative estimate of drug-likeness (QED) is 0.495. The van der Waals surface area contributed by atoms with Gasteiger partial charge in [-0.1, -0.05) is 25.3 Å². The van der Waals surface area contributed by atoms with Crippen LogP contribution in [0, 0.1) is 0 Å². The fraction of sp³-hybridized carbons (Fsp3) is 0.111. The zero-order valence-electron chi connectivity index (χ0n) is 6.99. The first kappa shape index (κ1) is 11.2. The molecule has 0 heterocycles. The molecule has 0 saturated carbocycles. The highest BCUT2D eigenvalue weighted by Gasteiger charge is 2.10. The number of carboxylic acids is 2. The number of rotatable bonds is 5. The van der Waals surface area contributed by atoms with Crippen molar-refractivity contribution in [3.63, 3.8) is 0 Å². The molecule has 70 valence electrons. The molecule has 4 nitrogen and oxygen atoms in total. The molecule has 0 bridgehead atoms. The predicted molar refractivity (Wildman–Crippen MR) is 47.3 cm³/mol. The molecule has 0 rings (SSSR count). The molecule has 13 heavy (non-hydrogen) atoms. The summed E-state index contributed by atoms with van der Waals surface area (Å²) < 4.78 is 0. The average Bonchev–Trinajstić information content (AvgIpc) is 2.02. The van der Waals surface area contributed by atoms with Gasteiger partial charge in [-0.2, -0.15) is 0 Å². The Hall–Kier alpha value is -1.84. The monoisotopic (exact) mass is 182 g/mol. The summed E-state index contributed by atoms with van der Waals surface area (Å²) >= 11 is 0. The smallest absolute Gasteiger partial charge is 0.335 e. The van der Waals surface area contributed by atoms with Crippen LogP contribution in [0.1, 0.15) is 6.42 Å². The second kappa shape index (κ2) is 4.92. The number of allylic oxidation sites excluding steroid dienone is 1. The molecule has 0 aromatic rings. The Bertz CT molecular complexity index is 286. The van der Waals surface area contributed by atoms with Gasteiger partial charge in [-0.25, -0.2) is 4.79 Å². The lowest BCUT2D eigenvalue weighted by atomic mass is 10.1. The molecular formula is C9H10O4. The van der Waals surface area contributed by atoms with E-state index in [0.29, 0.717) is 0 Å². The Kier molecular flexibility index (Phi) is 4.23. The van der Waals surface area contributed by atoms with Crippen LogP contribution in [0.15, 0.2) is 36.5 Å². The topological polar surface area (TPSA) is 74.6 Å². The molecule has 0 spiro atoms. The normalized spacial score (nSPS) is 11.4. The zero-order valence-corrected chi connectivity index (χ0v) is 6.99. The first-order valence-electron chi connectivity index (χ1n) is 3.46. The second-order valence-corrected chi connectivity index (χ2v) is 2.22. The number of hydrogen-bond donors (Lipinski definition) is 2. The van der Waals surface area contributed by atoms with Crippen molar-refractivity contribution in [3.05, 3.63) is 36.5 Å². The van der Waals surface area contributed by atoms with Crippen molar-refractivity contribution in [2.24, 2.45) is 0 Å². The largest absolute Gasteiger partial charge is 0.481 e. The van der Waals surface area contributed by atoms with E-state index >= 15 is 0 Å². The van der Waals surface area contributed by atoms with Crippen LogP contribution in [0.4, 0.5) is 0 Å². The van der Waals surface area contributed by atoms with Gasteiger partial charge in [0.2, 0.25) is 0 Å². The van der Waals surface area contributed by atoms with Gasteiger partial charge in [-0.3, -0.25) is 4.79 Å². The molecule has 0 amide bonds. The fourth-order valence-electron chi connectivity index (χ4n) is 0.796. The van der Waals surface area contributed by atoms with Crippen LogP contribution in [0.25, 0.3) is 0 Å². The molecule has 0 saturated heterocycles. The number of hydrogen-bond acceptors (Lipinski definition) is 2. The van der Waals surface area contributed by atoms with Gasteiger partial charge >= 0.3 is 11.9 Å². The molecule has 0 aliphatic rings. The van der Waals surface area contributed by atoms with Crippen molar-refractivity contribution in [2.75, 3.05) is 0 Å². The summed E-state index contributed by atoms with van der Waals surface area (Å²) in [6, 6.07) is 0. The zero-order chi connectivity index (χ0) is 10.4. The summed E-state index contributed by atoms with van der Waals surface area (Å²) in [6.07, 6.45) is 1.94. The predicted octanol–water partition coefficient (Wildman–Crippen LogP) is 1.21. The van der Waals surface area contributed by atoms with Gasteiger partial charge in [0.05, 0.1) is 12.0 Å². The fourth-order valence-corrected chi connectivity index (χ4v) is 0.796. The molecule has 4 heteroatoms. The Labute approximate surface area is 75.5 Å². The van der Waals surface area contributed by atoms with Crippen molar-refractivity contribution in [2.45, 2.75) is 6.42 Å². The van der Waals surface area contributed by atoms with Gasteiger partial charge in [0.1, 0.15) is 0 Å². The maximum absolute atomic E-state index is 10.5. The third-order valence-electron chi connectivity index (χ3n) is 1.37. The second-order valence-electron chi connectivity index (χ2n) is 2.22. The van der Waals surface area contributed by atoms with E-state index in [9.17, 15) is 9.59 Å². The van der Waals surface area contributed by atoms with E-state index < -0.39 is 11.9 Å². The van der Waals surface area contributed by atoms with E-state index in [0.717, 1.165) is 6.08 Å². The van der Waals surface area contributed by atoms with Crippen LogP contribution >= 0.6 is 0 Å². The molecule has 0 aliphatic heterocycles. The van der Waals surface area contributed by atoms with Gasteiger partial charge in [-0.15, -0.1) is 0 Å². The van der Waals surface area contributed by atoms with Crippen LogP contribution in [-0.2, 0) is 9.59 Å². The molecule has 0 radical (unpaired) electrons. The molecular weight excluding hydrogens is 172 g/mol. The maximum atomic E-state index is 10.5. The van der Waals surface area contributed by atoms with Crippen molar-refractivity contribution >= 4 is 11.9 Å². The molecule has 0 aliphatic carbocycles. The minimum Gasteiger partial charge on any atom is -0.481 e. The summed E-state index contributed by atoms with van der Waals surface area (Å²) in [4.78, 5) is 20.8. The summed E-state index contributed by atoms with van der Waals surface area (Å²) in [7, 11) is 0. The lowest BCUT2D eigenvalue weighted by Crippen LogP contribution is -2.04. The number of aliphatic carboxylic acids is 2. The molecule has 0 fully saturated rings. The highest BCUT2D eigenvalue weighted by molar-refractivity contribution is 5.92. The van der Waals surface area contributed by atoms with Crippen LogP contribution in [0.3, 0.4) is 0 Å². The van der Waals surface area contributed by atoms with Gasteiger partial charge < -0.3 is 10.2 Å². The van der Waals surface area contributed by atoms with E-state index in [4.69, 9.17) is 10.2 Å². The molecule has 0 atom stereocenters. The first-order valence-corrected chi connectivity index (χ1v) is 3.46. The summed E-state index contributed by atoms with van der Waals surface area (Å²) in [5, 5.41) is 17.0. The van der Waals surface area contributed by atoms with E-state index in [2.05, 4.69) is 13.2 Å². The van der Waals surface area contributed by atoms with Crippen molar-refractivity contribution < 1.29 is 19.8 Å². The number of carboxylic acid groups (broad SMARTS) is 2. The molecule has 0 unspecified atom stereocenters. The highest BCUT2D eigenvalue weighted by Crippen LogP contribution is 2.11. The van der Waals surface area contributed by atoms with Crippen molar-refractivity contribution in [1.82, 2.24) is 0 Å². The lowest BCUT2D eigenvalue weighted by Gasteiger charge is -2.01. The van der Waals surface area contributed by atoms with Crippen LogP contribution in [0.5, 0.6) is 0 Å². The lowest BCUT2D eigenvalue weighted by molar-refractivity contribution is -0.136. The number of carbonyl (C=O) groups is 2. The van der Waals surface area contributed by atoms with Gasteiger partial charge in [0, 0.05) is 0 Å².